The van der Waals surface area contributed by atoms with Gasteiger partial charge in [-0.1, -0.05) is 112 Å². The van der Waals surface area contributed by atoms with E-state index in [1.807, 2.05) is 0 Å². The number of allylic oxidation sites excluding steroid dienone is 5. The molecule has 0 aromatic carbocycles. The van der Waals surface area contributed by atoms with Gasteiger partial charge in [-0.15, -0.1) is 0 Å². The molecule has 18 unspecified atom stereocenters. The molecule has 58 heavy (non-hydrogen) atoms. The summed E-state index contributed by atoms with van der Waals surface area (Å²) in [6.07, 6.45) is 45.8. The molecule has 0 amide bonds. The third-order valence-electron chi connectivity index (χ3n) is 20.6. The zero-order chi connectivity index (χ0) is 39.1. The van der Waals surface area contributed by atoms with Crippen molar-refractivity contribution in [2.75, 3.05) is 11.0 Å². The molecule has 4 heterocycles. The molecular weight excluding hydrogens is 820 g/mol. The monoisotopic (exact) mass is 901 g/mol. The summed E-state index contributed by atoms with van der Waals surface area (Å²) in [6.45, 7) is 9.28. The Bertz CT molecular complexity index is 1610. The minimum atomic E-state index is 0.408. The van der Waals surface area contributed by atoms with Crippen molar-refractivity contribution in [3.63, 3.8) is 0 Å². The van der Waals surface area contributed by atoms with Crippen molar-refractivity contribution in [2.45, 2.75) is 192 Å². The summed E-state index contributed by atoms with van der Waals surface area (Å²) in [5.74, 6) is 10.4. The highest BCUT2D eigenvalue weighted by Gasteiger charge is 2.57. The Balaban J connectivity index is 0.888. The standard InChI is InChI=1S/C53H81IN4/c1-33-36-13-4-5-15-39(36)46(27-26-45-38(28-29-54)37-14-6-9-18-44(37)53(45,2)3)56-52(33)58-48-20-11-8-17-41(48)43-25-23-35(32-50(43)58)34-22-24-42-40-16-7-10-19-47(40)57(49(42)31-34)51-21-12-30-55-51/h6,14,23,25,31,33-45,47-48,50-52,55H,4-5,7-13,15-22,24,26-30,32H2,1-3H3. The Morgan fingerprint density at radius 3 is 2.36 bits per heavy atom. The van der Waals surface area contributed by atoms with Gasteiger partial charge in [-0.2, -0.15) is 0 Å². The van der Waals surface area contributed by atoms with Crippen LogP contribution in [0.1, 0.15) is 162 Å². The molecule has 5 heteroatoms. The van der Waals surface area contributed by atoms with Gasteiger partial charge in [-0.05, 0) is 184 Å². The molecule has 7 aliphatic carbocycles. The molecule has 3 saturated heterocycles. The predicted molar refractivity (Wildman–Crippen MR) is 250 cm³/mol. The predicted octanol–water partition coefficient (Wildman–Crippen LogP) is 12.6. The molecule has 0 aromatic heterocycles. The first-order valence-corrected chi connectivity index (χ1v) is 27.4. The number of likely N-dealkylation sites (tertiary alicyclic amines) is 2. The van der Waals surface area contributed by atoms with E-state index in [0.29, 0.717) is 41.5 Å². The molecule has 11 rings (SSSR count). The number of fused-ring (bicyclic) bond motifs is 8. The second-order valence-corrected chi connectivity index (χ2v) is 24.2. The molecule has 0 radical (unpaired) electrons. The van der Waals surface area contributed by atoms with Crippen LogP contribution in [-0.4, -0.2) is 56.9 Å². The summed E-state index contributed by atoms with van der Waals surface area (Å²) in [5, 5.41) is 3.98. The maximum atomic E-state index is 6.24. The van der Waals surface area contributed by atoms with Crippen LogP contribution in [0.5, 0.6) is 0 Å². The van der Waals surface area contributed by atoms with Crippen LogP contribution in [0, 0.1) is 82.3 Å². The lowest BCUT2D eigenvalue weighted by Crippen LogP contribution is -2.54. The topological polar surface area (TPSA) is 30.9 Å². The highest BCUT2D eigenvalue weighted by atomic mass is 127. The maximum Gasteiger partial charge on any atom is 0.105 e. The summed E-state index contributed by atoms with van der Waals surface area (Å²) >= 11 is 2.69. The number of hydrogen-bond acceptors (Lipinski definition) is 4. The summed E-state index contributed by atoms with van der Waals surface area (Å²) in [7, 11) is 0. The highest BCUT2D eigenvalue weighted by molar-refractivity contribution is 14.1. The van der Waals surface area contributed by atoms with E-state index < -0.39 is 0 Å². The van der Waals surface area contributed by atoms with E-state index in [1.54, 1.807) is 11.4 Å². The number of halogens is 1. The lowest BCUT2D eigenvalue weighted by molar-refractivity contribution is 0.0215. The van der Waals surface area contributed by atoms with Crippen molar-refractivity contribution < 1.29 is 0 Å². The van der Waals surface area contributed by atoms with Gasteiger partial charge in [-0.25, -0.2) is 0 Å². The number of aliphatic imine (C=N–C) groups is 1. The second-order valence-electron chi connectivity index (χ2n) is 23.1. The minimum absolute atomic E-state index is 0.408. The number of rotatable bonds is 8. The van der Waals surface area contributed by atoms with Crippen LogP contribution in [0.25, 0.3) is 0 Å². The molecule has 7 fully saturated rings. The van der Waals surface area contributed by atoms with E-state index >= 15 is 0 Å². The summed E-state index contributed by atoms with van der Waals surface area (Å²) in [6, 6.07) is 2.24. The summed E-state index contributed by atoms with van der Waals surface area (Å²) in [4.78, 5) is 12.5. The summed E-state index contributed by atoms with van der Waals surface area (Å²) in [5.41, 5.74) is 3.95. The Kier molecular flexibility index (Phi) is 11.4. The molecule has 4 saturated carbocycles. The third-order valence-corrected chi connectivity index (χ3v) is 21.2. The zero-order valence-electron chi connectivity index (χ0n) is 37.0. The van der Waals surface area contributed by atoms with Crippen molar-refractivity contribution in [3.05, 3.63) is 36.1 Å². The van der Waals surface area contributed by atoms with Crippen LogP contribution in [0.2, 0.25) is 0 Å². The van der Waals surface area contributed by atoms with Crippen LogP contribution in [-0.2, 0) is 0 Å². The van der Waals surface area contributed by atoms with Gasteiger partial charge < -0.3 is 4.90 Å². The molecule has 4 nitrogen and oxygen atoms in total. The lowest BCUT2D eigenvalue weighted by atomic mass is 9.65. The van der Waals surface area contributed by atoms with E-state index in [2.05, 4.69) is 88.9 Å². The molecule has 4 aliphatic heterocycles. The average molecular weight is 901 g/mol. The molecule has 320 valence electrons. The van der Waals surface area contributed by atoms with E-state index in [1.165, 1.54) is 152 Å². The smallest absolute Gasteiger partial charge is 0.105 e. The van der Waals surface area contributed by atoms with Crippen molar-refractivity contribution in [1.29, 1.82) is 0 Å². The van der Waals surface area contributed by atoms with Gasteiger partial charge in [0.25, 0.3) is 0 Å². The first kappa shape index (κ1) is 40.1. The normalized spacial score (nSPS) is 49.3. The van der Waals surface area contributed by atoms with Crippen LogP contribution in [0.3, 0.4) is 0 Å². The van der Waals surface area contributed by atoms with Crippen LogP contribution in [0.15, 0.2) is 41.1 Å². The molecule has 18 atom stereocenters. The van der Waals surface area contributed by atoms with Gasteiger partial charge in [0, 0.05) is 41.4 Å². The molecule has 1 N–H and O–H groups in total. The Labute approximate surface area is 368 Å². The van der Waals surface area contributed by atoms with Crippen molar-refractivity contribution in [2.24, 2.45) is 87.3 Å². The SMILES string of the molecule is CC1C2CCCCC2C(CCC2C(CCI)C3C=CCCC3C2(C)C)=NC1N1C2CC(C3C=C4C(CC3)C3CCCCC3N4C3CCCN3)C=CC2C2CCCCC21. The van der Waals surface area contributed by atoms with Gasteiger partial charge in [-0.3, -0.25) is 15.2 Å². The van der Waals surface area contributed by atoms with Gasteiger partial charge in [0.15, 0.2) is 0 Å². The fourth-order valence-corrected chi connectivity index (χ4v) is 18.8. The van der Waals surface area contributed by atoms with Gasteiger partial charge >= 0.3 is 0 Å². The Morgan fingerprint density at radius 1 is 0.741 bits per heavy atom. The van der Waals surface area contributed by atoms with Crippen molar-refractivity contribution in [1.82, 2.24) is 15.1 Å². The molecule has 0 aromatic rings. The lowest BCUT2D eigenvalue weighted by Gasteiger charge is -2.50. The van der Waals surface area contributed by atoms with Crippen molar-refractivity contribution in [3.8, 4) is 0 Å². The Morgan fingerprint density at radius 2 is 1.53 bits per heavy atom. The fourth-order valence-electron chi connectivity index (χ4n) is 18.1. The number of hydrogen-bond donors (Lipinski definition) is 1. The second kappa shape index (κ2) is 16.5. The number of alkyl halides is 1. The number of nitrogens with zero attached hydrogens (tertiary/aromatic N) is 3. The molecule has 11 aliphatic rings. The zero-order valence-corrected chi connectivity index (χ0v) is 39.1. The van der Waals surface area contributed by atoms with E-state index in [4.69, 9.17) is 4.99 Å². The largest absolute Gasteiger partial charge is 0.356 e. The first-order chi connectivity index (χ1) is 28.4. The van der Waals surface area contributed by atoms with Gasteiger partial charge in [0.2, 0.25) is 0 Å². The fraction of sp³-hybridized carbons (Fsp3) is 0.868. The molecule has 0 bridgehead atoms. The minimum Gasteiger partial charge on any atom is -0.356 e. The quantitative estimate of drug-likeness (QED) is 0.150. The van der Waals surface area contributed by atoms with Crippen LogP contribution in [0.4, 0.5) is 0 Å². The Hall–Kier alpha value is -0.660. The average Bonchev–Trinajstić information content (AvgIpc) is 4.02. The number of nitrogens with one attached hydrogen (secondary N) is 1. The van der Waals surface area contributed by atoms with Gasteiger partial charge in [0.05, 0.1) is 6.17 Å². The first-order valence-electron chi connectivity index (χ1n) is 25.9. The highest BCUT2D eigenvalue weighted by Crippen LogP contribution is 2.61. The van der Waals surface area contributed by atoms with Crippen molar-refractivity contribution >= 4 is 28.3 Å². The van der Waals surface area contributed by atoms with Crippen LogP contribution < -0.4 is 5.32 Å². The molecule has 0 spiro atoms. The third kappa shape index (κ3) is 6.69. The maximum absolute atomic E-state index is 6.24. The van der Waals surface area contributed by atoms with Gasteiger partial charge in [0.1, 0.15) is 6.17 Å². The van der Waals surface area contributed by atoms with E-state index in [0.717, 1.165) is 71.3 Å². The summed E-state index contributed by atoms with van der Waals surface area (Å²) < 4.78 is 1.31. The van der Waals surface area contributed by atoms with E-state index in [-0.39, 0.29) is 0 Å². The van der Waals surface area contributed by atoms with Crippen LogP contribution >= 0.6 is 22.6 Å². The van der Waals surface area contributed by atoms with E-state index in [9.17, 15) is 0 Å². The molecular formula is C53H81IN4.